The topological polar surface area (TPSA) is 95.5 Å². The molecule has 1 aliphatic carbocycles. The van der Waals surface area contributed by atoms with Gasteiger partial charge in [0.2, 0.25) is 11.8 Å². The Labute approximate surface area is 125 Å². The van der Waals surface area contributed by atoms with Gasteiger partial charge in [-0.25, -0.2) is 0 Å². The summed E-state index contributed by atoms with van der Waals surface area (Å²) in [6.45, 7) is 5.88. The highest BCUT2D eigenvalue weighted by molar-refractivity contribution is 5.85. The van der Waals surface area contributed by atoms with E-state index in [0.717, 1.165) is 0 Å². The third kappa shape index (κ3) is 7.11. The first-order valence-corrected chi connectivity index (χ1v) is 7.46. The third-order valence-corrected chi connectivity index (χ3v) is 3.58. The molecule has 0 spiro atoms. The number of nitrogens with one attached hydrogen (secondary N) is 2. The number of aliphatic carboxylic acids is 1. The van der Waals surface area contributed by atoms with E-state index in [4.69, 9.17) is 5.11 Å². The number of carbonyl (C=O) groups is 3. The van der Waals surface area contributed by atoms with Crippen LogP contribution < -0.4 is 10.6 Å². The summed E-state index contributed by atoms with van der Waals surface area (Å²) in [5, 5.41) is 14.4. The summed E-state index contributed by atoms with van der Waals surface area (Å²) in [5.41, 5.74) is -0.101. The Hall–Kier alpha value is -1.59. The molecule has 120 valence electrons. The molecule has 0 aliphatic heterocycles. The van der Waals surface area contributed by atoms with Crippen molar-refractivity contribution >= 4 is 17.8 Å². The Kier molecular flexibility index (Phi) is 6.18. The molecule has 0 radical (unpaired) electrons. The summed E-state index contributed by atoms with van der Waals surface area (Å²) in [6, 6.07) is 0.0209. The molecule has 6 heteroatoms. The second kappa shape index (κ2) is 7.43. The fraction of sp³-hybridized carbons (Fsp3) is 0.800. The molecule has 0 unspecified atom stereocenters. The molecule has 0 aromatic rings. The van der Waals surface area contributed by atoms with Gasteiger partial charge in [-0.05, 0) is 31.1 Å². The molecular weight excluding hydrogens is 272 g/mol. The average molecular weight is 298 g/mol. The van der Waals surface area contributed by atoms with Crippen LogP contribution in [0.1, 0.15) is 52.9 Å². The number of carboxylic acid groups (broad SMARTS) is 1. The van der Waals surface area contributed by atoms with Gasteiger partial charge in [0.25, 0.3) is 0 Å². The van der Waals surface area contributed by atoms with Gasteiger partial charge in [0.15, 0.2) is 0 Å². The van der Waals surface area contributed by atoms with Crippen molar-refractivity contribution in [3.8, 4) is 0 Å². The number of carboxylic acids is 1. The summed E-state index contributed by atoms with van der Waals surface area (Å²) in [6.07, 6.45) is 2.93. The molecule has 1 saturated carbocycles. The predicted molar refractivity (Wildman–Crippen MR) is 78.6 cm³/mol. The van der Waals surface area contributed by atoms with Crippen molar-refractivity contribution in [3.05, 3.63) is 0 Å². The first-order chi connectivity index (χ1) is 9.67. The minimum Gasteiger partial charge on any atom is -0.481 e. The van der Waals surface area contributed by atoms with Crippen molar-refractivity contribution in [2.75, 3.05) is 6.54 Å². The summed E-state index contributed by atoms with van der Waals surface area (Å²) in [7, 11) is 0. The zero-order valence-corrected chi connectivity index (χ0v) is 13.1. The fourth-order valence-electron chi connectivity index (χ4n) is 2.49. The molecule has 3 N–H and O–H groups in total. The number of amides is 2. The molecule has 21 heavy (non-hydrogen) atoms. The summed E-state index contributed by atoms with van der Waals surface area (Å²) >= 11 is 0. The van der Waals surface area contributed by atoms with E-state index in [-0.39, 0.29) is 35.7 Å². The second-order valence-corrected chi connectivity index (χ2v) is 6.97. The lowest BCUT2D eigenvalue weighted by atomic mass is 9.86. The highest BCUT2D eigenvalue weighted by Crippen LogP contribution is 2.24. The Morgan fingerprint density at radius 1 is 1.05 bits per heavy atom. The third-order valence-electron chi connectivity index (χ3n) is 3.58. The largest absolute Gasteiger partial charge is 0.481 e. The number of hydrogen-bond acceptors (Lipinski definition) is 3. The normalized spacial score (nSPS) is 22.4. The monoisotopic (exact) mass is 298 g/mol. The van der Waals surface area contributed by atoms with Crippen LogP contribution in [0.5, 0.6) is 0 Å². The van der Waals surface area contributed by atoms with E-state index in [9.17, 15) is 14.4 Å². The standard InChI is InChI=1S/C15H26N2O4/c1-15(2,3)8-12(18)16-9-13(19)17-11-6-4-10(5-7-11)14(20)21/h10-11H,4-9H2,1-3H3,(H,16,18)(H,17,19)(H,20,21). The van der Waals surface area contributed by atoms with E-state index in [1.165, 1.54) is 0 Å². The molecule has 2 amide bonds. The summed E-state index contributed by atoms with van der Waals surface area (Å²) in [4.78, 5) is 34.2. The quantitative estimate of drug-likeness (QED) is 0.713. The van der Waals surface area contributed by atoms with Crippen molar-refractivity contribution in [1.82, 2.24) is 10.6 Å². The predicted octanol–water partition coefficient (Wildman–Crippen LogP) is 1.30. The molecule has 0 aromatic carbocycles. The van der Waals surface area contributed by atoms with E-state index >= 15 is 0 Å². The van der Waals surface area contributed by atoms with Crippen LogP contribution in [-0.4, -0.2) is 35.5 Å². The van der Waals surface area contributed by atoms with Gasteiger partial charge < -0.3 is 15.7 Å². The Morgan fingerprint density at radius 3 is 2.10 bits per heavy atom. The van der Waals surface area contributed by atoms with E-state index < -0.39 is 5.97 Å². The minimum absolute atomic E-state index is 0.0201. The molecule has 1 rings (SSSR count). The maximum absolute atomic E-state index is 11.8. The van der Waals surface area contributed by atoms with Crippen LogP contribution in [0.25, 0.3) is 0 Å². The van der Waals surface area contributed by atoms with Gasteiger partial charge in [-0.1, -0.05) is 20.8 Å². The van der Waals surface area contributed by atoms with Crippen molar-refractivity contribution in [3.63, 3.8) is 0 Å². The van der Waals surface area contributed by atoms with Crippen LogP contribution in [0.4, 0.5) is 0 Å². The fourth-order valence-corrected chi connectivity index (χ4v) is 2.49. The van der Waals surface area contributed by atoms with Crippen molar-refractivity contribution in [2.45, 2.75) is 58.9 Å². The van der Waals surface area contributed by atoms with E-state index in [1.807, 2.05) is 20.8 Å². The molecule has 0 atom stereocenters. The molecule has 0 bridgehead atoms. The Balaban J connectivity index is 2.23. The molecule has 1 fully saturated rings. The van der Waals surface area contributed by atoms with Gasteiger partial charge in [-0.3, -0.25) is 14.4 Å². The molecule has 1 aliphatic rings. The zero-order chi connectivity index (χ0) is 16.0. The van der Waals surface area contributed by atoms with Crippen LogP contribution in [0.15, 0.2) is 0 Å². The van der Waals surface area contributed by atoms with Crippen molar-refractivity contribution in [2.24, 2.45) is 11.3 Å². The highest BCUT2D eigenvalue weighted by atomic mass is 16.4. The van der Waals surface area contributed by atoms with Crippen molar-refractivity contribution < 1.29 is 19.5 Å². The SMILES string of the molecule is CC(C)(C)CC(=O)NCC(=O)NC1CCC(C(=O)O)CC1. The minimum atomic E-state index is -0.755. The Bertz CT molecular complexity index is 393. The maximum atomic E-state index is 11.8. The summed E-state index contributed by atoms with van der Waals surface area (Å²) < 4.78 is 0. The first kappa shape index (κ1) is 17.5. The first-order valence-electron chi connectivity index (χ1n) is 7.46. The van der Waals surface area contributed by atoms with Crippen LogP contribution in [0.2, 0.25) is 0 Å². The highest BCUT2D eigenvalue weighted by Gasteiger charge is 2.26. The number of carbonyl (C=O) groups excluding carboxylic acids is 2. The maximum Gasteiger partial charge on any atom is 0.306 e. The van der Waals surface area contributed by atoms with Crippen LogP contribution in [0.3, 0.4) is 0 Å². The van der Waals surface area contributed by atoms with Crippen LogP contribution in [0, 0.1) is 11.3 Å². The van der Waals surface area contributed by atoms with Gasteiger partial charge in [-0.2, -0.15) is 0 Å². The second-order valence-electron chi connectivity index (χ2n) is 6.97. The lowest BCUT2D eigenvalue weighted by Crippen LogP contribution is -2.44. The molecule has 6 nitrogen and oxygen atoms in total. The molecule has 0 saturated heterocycles. The van der Waals surface area contributed by atoms with E-state index in [0.29, 0.717) is 32.1 Å². The zero-order valence-electron chi connectivity index (χ0n) is 13.1. The molecule has 0 aromatic heterocycles. The van der Waals surface area contributed by atoms with Gasteiger partial charge in [-0.15, -0.1) is 0 Å². The van der Waals surface area contributed by atoms with E-state index in [2.05, 4.69) is 10.6 Å². The van der Waals surface area contributed by atoms with Gasteiger partial charge in [0.1, 0.15) is 0 Å². The van der Waals surface area contributed by atoms with Crippen LogP contribution >= 0.6 is 0 Å². The van der Waals surface area contributed by atoms with Gasteiger partial charge >= 0.3 is 5.97 Å². The van der Waals surface area contributed by atoms with Crippen LogP contribution in [-0.2, 0) is 14.4 Å². The van der Waals surface area contributed by atoms with Gasteiger partial charge in [0, 0.05) is 12.5 Å². The lowest BCUT2D eigenvalue weighted by Gasteiger charge is -2.27. The van der Waals surface area contributed by atoms with Gasteiger partial charge in [0.05, 0.1) is 12.5 Å². The lowest BCUT2D eigenvalue weighted by molar-refractivity contribution is -0.143. The molecule has 0 heterocycles. The number of hydrogen-bond donors (Lipinski definition) is 3. The smallest absolute Gasteiger partial charge is 0.306 e. The summed E-state index contributed by atoms with van der Waals surface area (Å²) in [5.74, 6) is -1.39. The average Bonchev–Trinajstić information content (AvgIpc) is 2.35. The van der Waals surface area contributed by atoms with E-state index in [1.54, 1.807) is 0 Å². The molecular formula is C15H26N2O4. The number of rotatable bonds is 5. The Morgan fingerprint density at radius 2 is 1.62 bits per heavy atom. The van der Waals surface area contributed by atoms with Crippen molar-refractivity contribution in [1.29, 1.82) is 0 Å².